The van der Waals surface area contributed by atoms with Crippen molar-refractivity contribution in [2.75, 3.05) is 13.1 Å². The van der Waals surface area contributed by atoms with E-state index >= 15 is 0 Å². The summed E-state index contributed by atoms with van der Waals surface area (Å²) < 4.78 is 0. The van der Waals surface area contributed by atoms with Crippen LogP contribution in [0.15, 0.2) is 30.3 Å². The van der Waals surface area contributed by atoms with Gasteiger partial charge in [0, 0.05) is 18.8 Å². The number of likely N-dealkylation sites (tertiary alicyclic amines) is 1. The van der Waals surface area contributed by atoms with Crippen molar-refractivity contribution in [3.05, 3.63) is 35.9 Å². The Kier molecular flexibility index (Phi) is 5.12. The summed E-state index contributed by atoms with van der Waals surface area (Å²) in [5.41, 5.74) is 1.29. The van der Waals surface area contributed by atoms with Crippen molar-refractivity contribution in [3.63, 3.8) is 0 Å². The van der Waals surface area contributed by atoms with Gasteiger partial charge in [-0.2, -0.15) is 0 Å². The maximum absolute atomic E-state index is 12.2. The van der Waals surface area contributed by atoms with E-state index in [4.69, 9.17) is 0 Å². The van der Waals surface area contributed by atoms with Crippen LogP contribution >= 0.6 is 11.8 Å². The van der Waals surface area contributed by atoms with Gasteiger partial charge in [-0.15, -0.1) is 11.8 Å². The van der Waals surface area contributed by atoms with Gasteiger partial charge in [-0.25, -0.2) is 0 Å². The molecule has 3 heteroatoms. The van der Waals surface area contributed by atoms with Crippen LogP contribution < -0.4 is 0 Å². The summed E-state index contributed by atoms with van der Waals surface area (Å²) in [5, 5.41) is 0.0725. The van der Waals surface area contributed by atoms with Crippen LogP contribution in [0.4, 0.5) is 0 Å². The molecule has 0 N–H and O–H groups in total. The number of hydrogen-bond acceptors (Lipinski definition) is 2. The van der Waals surface area contributed by atoms with Gasteiger partial charge in [0.05, 0.1) is 5.25 Å². The molecular weight excluding hydrogens is 242 g/mol. The largest absolute Gasteiger partial charge is 0.342 e. The lowest BCUT2D eigenvalue weighted by Gasteiger charge is -2.29. The smallest absolute Gasteiger partial charge is 0.235 e. The van der Waals surface area contributed by atoms with Crippen molar-refractivity contribution in [1.29, 1.82) is 0 Å². The molecule has 0 radical (unpaired) electrons. The summed E-state index contributed by atoms with van der Waals surface area (Å²) >= 11 is 1.74. The number of carbonyl (C=O) groups excluding carboxylic acids is 1. The average molecular weight is 263 g/mol. The van der Waals surface area contributed by atoms with Crippen molar-refractivity contribution in [1.82, 2.24) is 4.90 Å². The van der Waals surface area contributed by atoms with Crippen molar-refractivity contribution in [3.8, 4) is 0 Å². The van der Waals surface area contributed by atoms with Crippen molar-refractivity contribution in [2.24, 2.45) is 0 Å². The first-order valence-electron chi connectivity index (χ1n) is 6.71. The summed E-state index contributed by atoms with van der Waals surface area (Å²) in [6.45, 7) is 3.94. The fraction of sp³-hybridized carbons (Fsp3) is 0.533. The first-order chi connectivity index (χ1) is 8.77. The summed E-state index contributed by atoms with van der Waals surface area (Å²) in [6.07, 6.45) is 3.61. The lowest BCUT2D eigenvalue weighted by Crippen LogP contribution is -2.40. The van der Waals surface area contributed by atoms with Gasteiger partial charge >= 0.3 is 0 Å². The van der Waals surface area contributed by atoms with Gasteiger partial charge < -0.3 is 4.90 Å². The zero-order valence-corrected chi connectivity index (χ0v) is 11.8. The minimum Gasteiger partial charge on any atom is -0.342 e. The van der Waals surface area contributed by atoms with E-state index in [1.807, 2.05) is 30.0 Å². The zero-order chi connectivity index (χ0) is 12.8. The third-order valence-corrected chi connectivity index (χ3v) is 4.56. The summed E-state index contributed by atoms with van der Waals surface area (Å²) in [4.78, 5) is 14.3. The second kappa shape index (κ2) is 6.83. The molecule has 1 heterocycles. The summed E-state index contributed by atoms with van der Waals surface area (Å²) in [6, 6.07) is 10.4. The highest BCUT2D eigenvalue weighted by molar-refractivity contribution is 7.99. The second-order valence-corrected chi connectivity index (χ2v) is 6.15. The van der Waals surface area contributed by atoms with E-state index in [-0.39, 0.29) is 5.25 Å². The number of nitrogens with zero attached hydrogens (tertiary/aromatic N) is 1. The zero-order valence-electron chi connectivity index (χ0n) is 11.0. The fourth-order valence-electron chi connectivity index (χ4n) is 2.24. The van der Waals surface area contributed by atoms with E-state index in [9.17, 15) is 4.79 Å². The standard InChI is InChI=1S/C15H21NOS/c1-13(15(17)16-10-6-3-7-11-16)18-12-14-8-4-2-5-9-14/h2,4-5,8-9,13H,3,6-7,10-12H2,1H3. The molecule has 98 valence electrons. The maximum atomic E-state index is 12.2. The van der Waals surface area contributed by atoms with Crippen molar-refractivity contribution >= 4 is 17.7 Å². The average Bonchev–Trinajstić information content (AvgIpc) is 2.46. The highest BCUT2D eigenvalue weighted by atomic mass is 32.2. The van der Waals surface area contributed by atoms with Crippen molar-refractivity contribution < 1.29 is 4.79 Å². The highest BCUT2D eigenvalue weighted by Gasteiger charge is 2.22. The van der Waals surface area contributed by atoms with E-state index in [0.29, 0.717) is 5.91 Å². The molecule has 1 aromatic rings. The molecule has 0 aromatic heterocycles. The second-order valence-electron chi connectivity index (χ2n) is 4.82. The quantitative estimate of drug-likeness (QED) is 0.830. The molecule has 1 fully saturated rings. The Morgan fingerprint density at radius 3 is 2.56 bits per heavy atom. The van der Waals surface area contributed by atoms with Crippen LogP contribution in [0.1, 0.15) is 31.7 Å². The molecule has 0 spiro atoms. The first kappa shape index (κ1) is 13.5. The van der Waals surface area contributed by atoms with Gasteiger partial charge in [0.15, 0.2) is 0 Å². The predicted molar refractivity (Wildman–Crippen MR) is 77.6 cm³/mol. The van der Waals surface area contributed by atoms with Gasteiger partial charge in [0.1, 0.15) is 0 Å². The molecule has 1 aromatic carbocycles. The monoisotopic (exact) mass is 263 g/mol. The molecule has 0 aliphatic carbocycles. The van der Waals surface area contributed by atoms with E-state index in [0.717, 1.165) is 18.8 Å². The van der Waals surface area contributed by atoms with Crippen LogP contribution in [0.2, 0.25) is 0 Å². The Morgan fingerprint density at radius 1 is 1.22 bits per heavy atom. The summed E-state index contributed by atoms with van der Waals surface area (Å²) in [7, 11) is 0. The van der Waals surface area contributed by atoms with Crippen LogP contribution in [0, 0.1) is 0 Å². The molecule has 1 amide bonds. The van der Waals surface area contributed by atoms with Gasteiger partial charge in [0.2, 0.25) is 5.91 Å². The number of hydrogen-bond donors (Lipinski definition) is 0. The molecule has 2 nitrogen and oxygen atoms in total. The number of benzene rings is 1. The minimum absolute atomic E-state index is 0.0725. The topological polar surface area (TPSA) is 20.3 Å². The third kappa shape index (κ3) is 3.77. The lowest BCUT2D eigenvalue weighted by atomic mass is 10.1. The predicted octanol–water partition coefficient (Wildman–Crippen LogP) is 3.32. The Labute approximate surface area is 114 Å². The molecular formula is C15H21NOS. The van der Waals surface area contributed by atoms with Gasteiger partial charge in [-0.1, -0.05) is 30.3 Å². The van der Waals surface area contributed by atoms with Crippen LogP contribution in [-0.4, -0.2) is 29.1 Å². The number of carbonyl (C=O) groups is 1. The molecule has 0 saturated carbocycles. The van der Waals surface area contributed by atoms with Gasteiger partial charge in [0.25, 0.3) is 0 Å². The number of amides is 1. The van der Waals surface area contributed by atoms with Gasteiger partial charge in [-0.05, 0) is 31.7 Å². The van der Waals surface area contributed by atoms with Crippen molar-refractivity contribution in [2.45, 2.75) is 37.2 Å². The Bertz CT molecular complexity index is 373. The maximum Gasteiger partial charge on any atom is 0.235 e. The summed E-state index contributed by atoms with van der Waals surface area (Å²) in [5.74, 6) is 1.23. The molecule has 2 rings (SSSR count). The van der Waals surface area contributed by atoms with E-state index in [1.165, 1.54) is 24.8 Å². The van der Waals surface area contributed by atoms with Crippen LogP contribution in [0.3, 0.4) is 0 Å². The molecule has 1 atom stereocenters. The van der Waals surface area contributed by atoms with Gasteiger partial charge in [-0.3, -0.25) is 4.79 Å². The third-order valence-electron chi connectivity index (χ3n) is 3.36. The number of thioether (sulfide) groups is 1. The highest BCUT2D eigenvalue weighted by Crippen LogP contribution is 2.21. The minimum atomic E-state index is 0.0725. The normalized spacial score (nSPS) is 17.5. The fourth-order valence-corrected chi connectivity index (χ4v) is 3.16. The van der Waals surface area contributed by atoms with E-state index < -0.39 is 0 Å². The Hall–Kier alpha value is -0.960. The van der Waals surface area contributed by atoms with Crippen LogP contribution in [0.5, 0.6) is 0 Å². The molecule has 1 saturated heterocycles. The van der Waals surface area contributed by atoms with Crippen LogP contribution in [0.25, 0.3) is 0 Å². The SMILES string of the molecule is CC(SCc1ccccc1)C(=O)N1CCCCC1. The molecule has 0 bridgehead atoms. The Balaban J connectivity index is 1.80. The van der Waals surface area contributed by atoms with E-state index in [2.05, 4.69) is 12.1 Å². The molecule has 1 aliphatic rings. The van der Waals surface area contributed by atoms with E-state index in [1.54, 1.807) is 11.8 Å². The lowest BCUT2D eigenvalue weighted by molar-refractivity contribution is -0.131. The van der Waals surface area contributed by atoms with Crippen LogP contribution in [-0.2, 0) is 10.5 Å². The molecule has 1 unspecified atom stereocenters. The first-order valence-corrected chi connectivity index (χ1v) is 7.76. The molecule has 1 aliphatic heterocycles. The number of piperidine rings is 1. The molecule has 18 heavy (non-hydrogen) atoms. The Morgan fingerprint density at radius 2 is 1.89 bits per heavy atom. The number of rotatable bonds is 4.